The number of nitrogens with one attached hydrogen (secondary N) is 2. The van der Waals surface area contributed by atoms with Gasteiger partial charge in [0.15, 0.2) is 5.69 Å². The minimum atomic E-state index is 0.470. The molecule has 0 saturated carbocycles. The molecule has 0 fully saturated rings. The normalized spacial score (nSPS) is 8.44. The van der Waals surface area contributed by atoms with Gasteiger partial charge in [-0.2, -0.15) is 10.4 Å². The van der Waals surface area contributed by atoms with Crippen molar-refractivity contribution in [2.75, 3.05) is 12.4 Å². The molecule has 0 atom stereocenters. The zero-order valence-electron chi connectivity index (χ0n) is 4.97. The predicted octanol–water partition coefficient (Wildman–Crippen LogP) is 0.323. The van der Waals surface area contributed by atoms with Crippen LogP contribution in [0.2, 0.25) is 0 Å². The topological polar surface area (TPSA) is 64.5 Å². The molecule has 0 aliphatic carbocycles. The summed E-state index contributed by atoms with van der Waals surface area (Å²) in [4.78, 5) is 0. The Balaban J connectivity index is 3.02. The van der Waals surface area contributed by atoms with Crippen LogP contribution in [0.1, 0.15) is 5.69 Å². The number of anilines is 1. The fraction of sp³-hybridized carbons (Fsp3) is 0.200. The van der Waals surface area contributed by atoms with E-state index in [4.69, 9.17) is 5.26 Å². The van der Waals surface area contributed by atoms with Gasteiger partial charge in [0.2, 0.25) is 0 Å². The van der Waals surface area contributed by atoms with Gasteiger partial charge in [-0.25, -0.2) is 0 Å². The summed E-state index contributed by atoms with van der Waals surface area (Å²) in [6.45, 7) is 0. The maximum atomic E-state index is 8.38. The van der Waals surface area contributed by atoms with Gasteiger partial charge < -0.3 is 5.32 Å². The number of rotatable bonds is 1. The van der Waals surface area contributed by atoms with E-state index in [-0.39, 0.29) is 0 Å². The predicted molar refractivity (Wildman–Crippen MR) is 32.8 cm³/mol. The quantitative estimate of drug-likeness (QED) is 0.563. The van der Waals surface area contributed by atoms with Gasteiger partial charge in [0.1, 0.15) is 6.07 Å². The number of nitrogens with zero attached hydrogens (tertiary/aromatic N) is 2. The van der Waals surface area contributed by atoms with Crippen LogP contribution in [0.3, 0.4) is 0 Å². The summed E-state index contributed by atoms with van der Waals surface area (Å²) in [6.07, 6.45) is 1.57. The van der Waals surface area contributed by atoms with E-state index >= 15 is 0 Å². The Bertz CT molecular complexity index is 231. The van der Waals surface area contributed by atoms with Crippen molar-refractivity contribution >= 4 is 5.69 Å². The van der Waals surface area contributed by atoms with Crippen LogP contribution in [-0.4, -0.2) is 17.2 Å². The molecule has 4 nitrogen and oxygen atoms in total. The summed E-state index contributed by atoms with van der Waals surface area (Å²) in [5.74, 6) is 0. The van der Waals surface area contributed by atoms with Crippen molar-refractivity contribution in [2.24, 2.45) is 0 Å². The van der Waals surface area contributed by atoms with E-state index in [0.29, 0.717) is 5.69 Å². The van der Waals surface area contributed by atoms with Gasteiger partial charge in [-0.3, -0.25) is 5.10 Å². The first-order chi connectivity index (χ1) is 4.38. The van der Waals surface area contributed by atoms with Gasteiger partial charge in [-0.05, 0) is 0 Å². The molecule has 0 amide bonds. The van der Waals surface area contributed by atoms with Crippen LogP contribution in [0.15, 0.2) is 6.20 Å². The summed E-state index contributed by atoms with van der Waals surface area (Å²) in [7, 11) is 1.74. The van der Waals surface area contributed by atoms with Crippen LogP contribution in [0.25, 0.3) is 0 Å². The minimum Gasteiger partial charge on any atom is -0.384 e. The van der Waals surface area contributed by atoms with Gasteiger partial charge in [0.05, 0.1) is 11.9 Å². The summed E-state index contributed by atoms with van der Waals surface area (Å²) in [5, 5.41) is 17.4. The molecule has 0 aliphatic rings. The first-order valence-corrected chi connectivity index (χ1v) is 2.49. The highest BCUT2D eigenvalue weighted by Gasteiger charge is 1.98. The molecule has 1 rings (SSSR count). The maximum Gasteiger partial charge on any atom is 0.158 e. The molecule has 0 bridgehead atoms. The fourth-order valence-corrected chi connectivity index (χ4v) is 0.561. The van der Waals surface area contributed by atoms with Gasteiger partial charge in [-0.15, -0.1) is 0 Å². The van der Waals surface area contributed by atoms with Gasteiger partial charge in [0, 0.05) is 7.05 Å². The van der Waals surface area contributed by atoms with E-state index in [0.717, 1.165) is 5.69 Å². The van der Waals surface area contributed by atoms with Crippen molar-refractivity contribution in [3.8, 4) is 6.07 Å². The third-order valence-corrected chi connectivity index (χ3v) is 1.02. The molecule has 0 radical (unpaired) electrons. The second-order valence-corrected chi connectivity index (χ2v) is 1.52. The van der Waals surface area contributed by atoms with Crippen molar-refractivity contribution in [3.63, 3.8) is 0 Å². The van der Waals surface area contributed by atoms with Crippen LogP contribution in [0.5, 0.6) is 0 Å². The van der Waals surface area contributed by atoms with E-state index in [9.17, 15) is 0 Å². The van der Waals surface area contributed by atoms with Crippen LogP contribution in [0.4, 0.5) is 5.69 Å². The molecule has 0 aliphatic heterocycles. The van der Waals surface area contributed by atoms with E-state index < -0.39 is 0 Å². The minimum absolute atomic E-state index is 0.470. The SMILES string of the molecule is CNc1cn[nH]c1C#N. The molecule has 0 aromatic carbocycles. The zero-order valence-corrected chi connectivity index (χ0v) is 4.97. The summed E-state index contributed by atoms with van der Waals surface area (Å²) >= 11 is 0. The van der Waals surface area contributed by atoms with Crippen LogP contribution >= 0.6 is 0 Å². The van der Waals surface area contributed by atoms with Crippen molar-refractivity contribution in [1.29, 1.82) is 5.26 Å². The lowest BCUT2D eigenvalue weighted by Gasteiger charge is -1.89. The van der Waals surface area contributed by atoms with Gasteiger partial charge in [-0.1, -0.05) is 0 Å². The summed E-state index contributed by atoms with van der Waals surface area (Å²) < 4.78 is 0. The molecule has 1 aromatic rings. The lowest BCUT2D eigenvalue weighted by Crippen LogP contribution is -1.87. The molecular formula is C5H6N4. The van der Waals surface area contributed by atoms with E-state index in [1.165, 1.54) is 0 Å². The Hall–Kier alpha value is -1.50. The fourth-order valence-electron chi connectivity index (χ4n) is 0.561. The average molecular weight is 122 g/mol. The molecular weight excluding hydrogens is 116 g/mol. The lowest BCUT2D eigenvalue weighted by atomic mass is 10.4. The summed E-state index contributed by atoms with van der Waals surface area (Å²) in [5.41, 5.74) is 1.20. The Morgan fingerprint density at radius 2 is 2.67 bits per heavy atom. The number of aromatic amines is 1. The van der Waals surface area contributed by atoms with E-state index in [1.54, 1.807) is 13.2 Å². The highest BCUT2D eigenvalue weighted by atomic mass is 15.1. The smallest absolute Gasteiger partial charge is 0.158 e. The molecule has 46 valence electrons. The van der Waals surface area contributed by atoms with Crippen LogP contribution < -0.4 is 5.32 Å². The zero-order chi connectivity index (χ0) is 6.69. The number of nitriles is 1. The molecule has 1 aromatic heterocycles. The highest BCUT2D eigenvalue weighted by molar-refractivity contribution is 5.51. The second-order valence-electron chi connectivity index (χ2n) is 1.52. The average Bonchev–Trinajstić information content (AvgIpc) is 2.33. The number of aromatic nitrogens is 2. The third-order valence-electron chi connectivity index (χ3n) is 1.02. The van der Waals surface area contributed by atoms with Crippen molar-refractivity contribution < 1.29 is 0 Å². The van der Waals surface area contributed by atoms with Crippen molar-refractivity contribution in [1.82, 2.24) is 10.2 Å². The van der Waals surface area contributed by atoms with Crippen molar-refractivity contribution in [2.45, 2.75) is 0 Å². The first-order valence-electron chi connectivity index (χ1n) is 2.49. The Morgan fingerprint density at radius 1 is 1.89 bits per heavy atom. The van der Waals surface area contributed by atoms with E-state index in [2.05, 4.69) is 15.5 Å². The Labute approximate surface area is 52.5 Å². The second kappa shape index (κ2) is 2.18. The van der Waals surface area contributed by atoms with Crippen LogP contribution in [-0.2, 0) is 0 Å². The monoisotopic (exact) mass is 122 g/mol. The molecule has 2 N–H and O–H groups in total. The summed E-state index contributed by atoms with van der Waals surface area (Å²) in [6, 6.07) is 1.95. The van der Waals surface area contributed by atoms with Gasteiger partial charge in [0.25, 0.3) is 0 Å². The Kier molecular flexibility index (Phi) is 1.36. The van der Waals surface area contributed by atoms with Gasteiger partial charge >= 0.3 is 0 Å². The maximum absolute atomic E-state index is 8.38. The molecule has 0 saturated heterocycles. The number of hydrogen-bond donors (Lipinski definition) is 2. The first kappa shape index (κ1) is 5.63. The Morgan fingerprint density at radius 3 is 3.11 bits per heavy atom. The lowest BCUT2D eigenvalue weighted by molar-refractivity contribution is 1.07. The largest absolute Gasteiger partial charge is 0.384 e. The number of hydrogen-bond acceptors (Lipinski definition) is 3. The van der Waals surface area contributed by atoms with Crippen molar-refractivity contribution in [3.05, 3.63) is 11.9 Å². The molecule has 1 heterocycles. The molecule has 9 heavy (non-hydrogen) atoms. The van der Waals surface area contributed by atoms with E-state index in [1.807, 2.05) is 6.07 Å². The molecule has 4 heteroatoms. The molecule has 0 unspecified atom stereocenters. The van der Waals surface area contributed by atoms with Crippen LogP contribution in [0, 0.1) is 11.3 Å². The number of H-pyrrole nitrogens is 1. The third kappa shape index (κ3) is 0.842. The highest BCUT2D eigenvalue weighted by Crippen LogP contribution is 2.06. The standard InChI is InChI=1S/C5H6N4/c1-7-5-3-8-9-4(5)2-6/h3,7H,1H3,(H,8,9). The molecule has 0 spiro atoms.